The van der Waals surface area contributed by atoms with Crippen molar-refractivity contribution in [3.63, 3.8) is 0 Å². The minimum Gasteiger partial charge on any atom is -0.476 e. The second-order valence-electron chi connectivity index (χ2n) is 2.00. The fourth-order valence-electron chi connectivity index (χ4n) is 0.746. The van der Waals surface area contributed by atoms with Gasteiger partial charge in [-0.2, -0.15) is 5.10 Å². The molecule has 4 nitrogen and oxygen atoms in total. The van der Waals surface area contributed by atoms with Crippen LogP contribution in [0.2, 0.25) is 0 Å². The Hall–Kier alpha value is -0.970. The van der Waals surface area contributed by atoms with Gasteiger partial charge in [0.1, 0.15) is 0 Å². The molecule has 1 N–H and O–H groups in total. The number of carbonyl (C=O) groups is 1. The maximum Gasteiger partial charge on any atom is 0.356 e. The molecule has 0 amide bonds. The molecular formula is C6H8N2O2S. The molecule has 0 fully saturated rings. The highest BCUT2D eigenvalue weighted by Crippen LogP contribution is 2.14. The lowest BCUT2D eigenvalue weighted by Crippen LogP contribution is -1.98. The number of rotatable bonds is 2. The SMILES string of the molecule is CSc1cc(C(=O)O)nn1C. The van der Waals surface area contributed by atoms with Crippen molar-refractivity contribution in [2.75, 3.05) is 6.26 Å². The Bertz CT molecular complexity index is 282. The molecule has 11 heavy (non-hydrogen) atoms. The van der Waals surface area contributed by atoms with Crippen molar-refractivity contribution < 1.29 is 9.90 Å². The van der Waals surface area contributed by atoms with E-state index in [-0.39, 0.29) is 5.69 Å². The zero-order valence-corrected chi connectivity index (χ0v) is 7.05. The molecule has 0 aromatic carbocycles. The van der Waals surface area contributed by atoms with Crippen LogP contribution >= 0.6 is 11.8 Å². The van der Waals surface area contributed by atoms with Crippen LogP contribution < -0.4 is 0 Å². The van der Waals surface area contributed by atoms with Crippen LogP contribution in [0.5, 0.6) is 0 Å². The van der Waals surface area contributed by atoms with Crippen LogP contribution in [0.3, 0.4) is 0 Å². The van der Waals surface area contributed by atoms with Crippen LogP contribution in [0.15, 0.2) is 11.1 Å². The number of hydrogen-bond acceptors (Lipinski definition) is 3. The second kappa shape index (κ2) is 2.96. The smallest absolute Gasteiger partial charge is 0.356 e. The van der Waals surface area contributed by atoms with E-state index in [0.29, 0.717) is 0 Å². The third-order valence-electron chi connectivity index (χ3n) is 1.27. The lowest BCUT2D eigenvalue weighted by Gasteiger charge is -1.92. The summed E-state index contributed by atoms with van der Waals surface area (Å²) in [5, 5.41) is 13.2. The van der Waals surface area contributed by atoms with Crippen molar-refractivity contribution in [2.24, 2.45) is 7.05 Å². The zero-order chi connectivity index (χ0) is 8.43. The normalized spacial score (nSPS) is 10.0. The van der Waals surface area contributed by atoms with E-state index in [4.69, 9.17) is 5.11 Å². The lowest BCUT2D eigenvalue weighted by atomic mass is 10.4. The van der Waals surface area contributed by atoms with E-state index in [9.17, 15) is 4.79 Å². The topological polar surface area (TPSA) is 55.1 Å². The van der Waals surface area contributed by atoms with Gasteiger partial charge in [-0.15, -0.1) is 11.8 Å². The molecule has 1 rings (SSSR count). The molecule has 0 saturated heterocycles. The Kier molecular flexibility index (Phi) is 2.19. The summed E-state index contributed by atoms with van der Waals surface area (Å²) < 4.78 is 1.55. The van der Waals surface area contributed by atoms with E-state index in [0.717, 1.165) is 5.03 Å². The average Bonchev–Trinajstić information content (AvgIpc) is 2.31. The number of aromatic carboxylic acids is 1. The molecule has 0 atom stereocenters. The summed E-state index contributed by atoms with van der Waals surface area (Å²) >= 11 is 1.47. The molecule has 0 aliphatic rings. The minimum atomic E-state index is -0.985. The number of aromatic nitrogens is 2. The molecule has 0 spiro atoms. The van der Waals surface area contributed by atoms with Crippen LogP contribution in [0.25, 0.3) is 0 Å². The van der Waals surface area contributed by atoms with Crippen LogP contribution in [0.4, 0.5) is 0 Å². The number of aryl methyl sites for hydroxylation is 1. The Morgan fingerprint density at radius 1 is 1.82 bits per heavy atom. The molecule has 0 aliphatic heterocycles. The summed E-state index contributed by atoms with van der Waals surface area (Å²) in [5.74, 6) is -0.985. The first-order valence-corrected chi connectivity index (χ1v) is 4.19. The third kappa shape index (κ3) is 1.54. The summed E-state index contributed by atoms with van der Waals surface area (Å²) in [5.41, 5.74) is 0.0943. The first-order valence-electron chi connectivity index (χ1n) is 2.96. The van der Waals surface area contributed by atoms with Crippen molar-refractivity contribution in [3.05, 3.63) is 11.8 Å². The third-order valence-corrected chi connectivity index (χ3v) is 2.07. The maximum absolute atomic E-state index is 10.4. The van der Waals surface area contributed by atoms with Crippen LogP contribution in [0, 0.1) is 0 Å². The monoisotopic (exact) mass is 172 g/mol. The largest absolute Gasteiger partial charge is 0.476 e. The highest BCUT2D eigenvalue weighted by atomic mass is 32.2. The van der Waals surface area contributed by atoms with Gasteiger partial charge in [0.25, 0.3) is 0 Å². The summed E-state index contributed by atoms with van der Waals surface area (Å²) in [7, 11) is 1.72. The van der Waals surface area contributed by atoms with Gasteiger partial charge in [0, 0.05) is 13.1 Å². The fraction of sp³-hybridized carbons (Fsp3) is 0.333. The molecule has 1 aromatic rings. The number of nitrogens with zero attached hydrogens (tertiary/aromatic N) is 2. The van der Waals surface area contributed by atoms with Gasteiger partial charge in [0.15, 0.2) is 5.69 Å². The molecule has 60 valence electrons. The minimum absolute atomic E-state index is 0.0943. The van der Waals surface area contributed by atoms with Crippen molar-refractivity contribution in [1.82, 2.24) is 9.78 Å². The van der Waals surface area contributed by atoms with E-state index in [1.54, 1.807) is 17.8 Å². The Labute approximate surface area is 68.2 Å². The van der Waals surface area contributed by atoms with Gasteiger partial charge in [-0.25, -0.2) is 4.79 Å². The Balaban J connectivity index is 3.05. The van der Waals surface area contributed by atoms with Gasteiger partial charge in [0.05, 0.1) is 5.03 Å². The lowest BCUT2D eigenvalue weighted by molar-refractivity contribution is 0.0689. The standard InChI is InChI=1S/C6H8N2O2S/c1-8-5(11-2)3-4(7-8)6(9)10/h3H,1-2H3,(H,9,10). The van der Waals surface area contributed by atoms with Gasteiger partial charge >= 0.3 is 5.97 Å². The van der Waals surface area contributed by atoms with Crippen molar-refractivity contribution >= 4 is 17.7 Å². The highest BCUT2D eigenvalue weighted by molar-refractivity contribution is 7.98. The van der Waals surface area contributed by atoms with E-state index >= 15 is 0 Å². The number of carboxylic acid groups (broad SMARTS) is 1. The van der Waals surface area contributed by atoms with Gasteiger partial charge in [-0.3, -0.25) is 4.68 Å². The van der Waals surface area contributed by atoms with E-state index in [2.05, 4.69) is 5.10 Å². The van der Waals surface area contributed by atoms with Gasteiger partial charge in [-0.1, -0.05) is 0 Å². The first-order chi connectivity index (χ1) is 5.15. The molecular weight excluding hydrogens is 164 g/mol. The summed E-state index contributed by atoms with van der Waals surface area (Å²) in [6, 6.07) is 1.55. The molecule has 1 aromatic heterocycles. The molecule has 5 heteroatoms. The molecule has 0 radical (unpaired) electrons. The van der Waals surface area contributed by atoms with Crippen molar-refractivity contribution in [3.8, 4) is 0 Å². The predicted molar refractivity (Wildman–Crippen MR) is 41.9 cm³/mol. The molecule has 0 unspecified atom stereocenters. The highest BCUT2D eigenvalue weighted by Gasteiger charge is 2.09. The van der Waals surface area contributed by atoms with Crippen LogP contribution in [0.1, 0.15) is 10.5 Å². The quantitative estimate of drug-likeness (QED) is 0.671. The Morgan fingerprint density at radius 3 is 2.73 bits per heavy atom. The molecule has 0 aliphatic carbocycles. The van der Waals surface area contributed by atoms with Crippen LogP contribution in [-0.4, -0.2) is 27.1 Å². The van der Waals surface area contributed by atoms with Gasteiger partial charge in [0.2, 0.25) is 0 Å². The zero-order valence-electron chi connectivity index (χ0n) is 6.24. The summed E-state index contributed by atoms with van der Waals surface area (Å²) in [4.78, 5) is 10.4. The predicted octanol–water partition coefficient (Wildman–Crippen LogP) is 0.840. The number of hydrogen-bond donors (Lipinski definition) is 1. The van der Waals surface area contributed by atoms with Gasteiger partial charge < -0.3 is 5.11 Å². The van der Waals surface area contributed by atoms with Gasteiger partial charge in [-0.05, 0) is 6.26 Å². The molecule has 0 saturated carbocycles. The van der Waals surface area contributed by atoms with E-state index in [1.807, 2.05) is 6.26 Å². The Morgan fingerprint density at radius 2 is 2.45 bits per heavy atom. The maximum atomic E-state index is 10.4. The summed E-state index contributed by atoms with van der Waals surface area (Å²) in [6.07, 6.45) is 1.88. The fourth-order valence-corrected chi connectivity index (χ4v) is 1.28. The van der Waals surface area contributed by atoms with Crippen molar-refractivity contribution in [2.45, 2.75) is 5.03 Å². The van der Waals surface area contributed by atoms with Crippen molar-refractivity contribution in [1.29, 1.82) is 0 Å². The average molecular weight is 172 g/mol. The second-order valence-corrected chi connectivity index (χ2v) is 2.83. The molecule has 1 heterocycles. The first kappa shape index (κ1) is 8.13. The number of carboxylic acids is 1. The number of thioether (sulfide) groups is 1. The van der Waals surface area contributed by atoms with E-state index in [1.165, 1.54) is 11.8 Å². The van der Waals surface area contributed by atoms with Crippen LogP contribution in [-0.2, 0) is 7.05 Å². The van der Waals surface area contributed by atoms with E-state index < -0.39 is 5.97 Å². The molecule has 0 bridgehead atoms. The summed E-state index contributed by atoms with van der Waals surface area (Å²) in [6.45, 7) is 0.